The summed E-state index contributed by atoms with van der Waals surface area (Å²) >= 11 is 3.12. The molecule has 1 unspecified atom stereocenters. The van der Waals surface area contributed by atoms with Gasteiger partial charge >= 0.3 is 0 Å². The lowest BCUT2D eigenvalue weighted by Crippen LogP contribution is -2.29. The standard InChI is InChI=1S/C14H17BrF2N2/c15-11-1-2-12(16)10(13(11)17)7-19-6-4-14(9-19)3-5-18-8-14/h1-2,18H,3-9H2. The van der Waals surface area contributed by atoms with Crippen molar-refractivity contribution >= 4 is 15.9 Å². The molecular weight excluding hydrogens is 314 g/mol. The minimum atomic E-state index is -0.467. The number of hydrogen-bond acceptors (Lipinski definition) is 2. The Hall–Kier alpha value is -0.520. The molecule has 2 saturated heterocycles. The van der Waals surface area contributed by atoms with Crippen LogP contribution < -0.4 is 5.32 Å². The summed E-state index contributed by atoms with van der Waals surface area (Å²) in [4.78, 5) is 2.17. The van der Waals surface area contributed by atoms with Gasteiger partial charge in [0.25, 0.3) is 0 Å². The molecule has 1 spiro atoms. The van der Waals surface area contributed by atoms with E-state index < -0.39 is 11.6 Å². The van der Waals surface area contributed by atoms with Gasteiger partial charge in [-0.1, -0.05) is 0 Å². The van der Waals surface area contributed by atoms with E-state index in [-0.39, 0.29) is 5.56 Å². The van der Waals surface area contributed by atoms with Crippen molar-refractivity contribution in [2.45, 2.75) is 19.4 Å². The molecule has 0 amide bonds. The van der Waals surface area contributed by atoms with E-state index in [9.17, 15) is 8.78 Å². The van der Waals surface area contributed by atoms with Crippen molar-refractivity contribution in [1.29, 1.82) is 0 Å². The van der Waals surface area contributed by atoms with Gasteiger partial charge in [0, 0.05) is 25.2 Å². The average molecular weight is 331 g/mol. The maximum atomic E-state index is 14.0. The topological polar surface area (TPSA) is 15.3 Å². The fourth-order valence-electron chi connectivity index (χ4n) is 3.24. The van der Waals surface area contributed by atoms with Crippen molar-refractivity contribution in [1.82, 2.24) is 10.2 Å². The normalized spacial score (nSPS) is 27.5. The Morgan fingerprint density at radius 1 is 1.32 bits per heavy atom. The monoisotopic (exact) mass is 330 g/mol. The van der Waals surface area contributed by atoms with Crippen LogP contribution in [0.4, 0.5) is 8.78 Å². The molecule has 2 heterocycles. The van der Waals surface area contributed by atoms with Crippen molar-refractivity contribution in [3.05, 3.63) is 33.8 Å². The van der Waals surface area contributed by atoms with E-state index >= 15 is 0 Å². The second-order valence-electron chi connectivity index (χ2n) is 5.71. The van der Waals surface area contributed by atoms with Gasteiger partial charge in [0.1, 0.15) is 11.6 Å². The van der Waals surface area contributed by atoms with Crippen LogP contribution in [-0.2, 0) is 6.54 Å². The molecule has 0 saturated carbocycles. The van der Waals surface area contributed by atoms with Gasteiger partial charge in [-0.25, -0.2) is 8.78 Å². The maximum Gasteiger partial charge on any atom is 0.144 e. The third-order valence-electron chi connectivity index (χ3n) is 4.37. The Morgan fingerprint density at radius 2 is 2.16 bits per heavy atom. The summed E-state index contributed by atoms with van der Waals surface area (Å²) in [7, 11) is 0. The number of nitrogens with one attached hydrogen (secondary N) is 1. The van der Waals surface area contributed by atoms with Gasteiger partial charge in [-0.05, 0) is 59.4 Å². The predicted molar refractivity (Wildman–Crippen MR) is 73.9 cm³/mol. The molecule has 19 heavy (non-hydrogen) atoms. The second-order valence-corrected chi connectivity index (χ2v) is 6.56. The Morgan fingerprint density at radius 3 is 2.89 bits per heavy atom. The Labute approximate surface area is 120 Å². The predicted octanol–water partition coefficient (Wildman–Crippen LogP) is 2.91. The molecule has 0 radical (unpaired) electrons. The SMILES string of the molecule is Fc1ccc(Br)c(F)c1CN1CCC2(CCNC2)C1. The maximum absolute atomic E-state index is 14.0. The largest absolute Gasteiger partial charge is 0.316 e. The summed E-state index contributed by atoms with van der Waals surface area (Å²) in [6, 6.07) is 2.74. The van der Waals surface area contributed by atoms with Crippen LogP contribution in [0.3, 0.4) is 0 Å². The number of rotatable bonds is 2. The van der Waals surface area contributed by atoms with Gasteiger partial charge in [-0.2, -0.15) is 0 Å². The van der Waals surface area contributed by atoms with E-state index in [0.29, 0.717) is 16.4 Å². The van der Waals surface area contributed by atoms with Gasteiger partial charge in [0.05, 0.1) is 4.47 Å². The number of benzene rings is 1. The highest BCUT2D eigenvalue weighted by molar-refractivity contribution is 9.10. The molecule has 2 aliphatic heterocycles. The van der Waals surface area contributed by atoms with Gasteiger partial charge in [-0.3, -0.25) is 4.90 Å². The Kier molecular flexibility index (Phi) is 3.62. The van der Waals surface area contributed by atoms with Crippen LogP contribution in [0.1, 0.15) is 18.4 Å². The first-order valence-corrected chi connectivity index (χ1v) is 7.44. The summed E-state index contributed by atoms with van der Waals surface area (Å²) in [5, 5.41) is 3.39. The quantitative estimate of drug-likeness (QED) is 0.839. The summed E-state index contributed by atoms with van der Waals surface area (Å²) in [6.07, 6.45) is 2.30. The summed E-state index contributed by atoms with van der Waals surface area (Å²) in [6.45, 7) is 4.32. The number of halogens is 3. The minimum Gasteiger partial charge on any atom is -0.316 e. The number of nitrogens with zero attached hydrogens (tertiary/aromatic N) is 1. The summed E-state index contributed by atoms with van der Waals surface area (Å²) in [5.74, 6) is -0.920. The van der Waals surface area contributed by atoms with E-state index in [1.54, 1.807) is 0 Å². The molecule has 0 aromatic heterocycles. The number of hydrogen-bond donors (Lipinski definition) is 1. The first-order chi connectivity index (χ1) is 9.10. The second kappa shape index (κ2) is 5.11. The summed E-state index contributed by atoms with van der Waals surface area (Å²) in [5.41, 5.74) is 0.510. The molecule has 3 rings (SSSR count). The van der Waals surface area contributed by atoms with Crippen molar-refractivity contribution in [3.63, 3.8) is 0 Å². The number of likely N-dealkylation sites (tertiary alicyclic amines) is 1. The molecule has 104 valence electrons. The van der Waals surface area contributed by atoms with Crippen LogP contribution >= 0.6 is 15.9 Å². The van der Waals surface area contributed by atoms with Crippen molar-refractivity contribution < 1.29 is 8.78 Å². The molecule has 0 aliphatic carbocycles. The zero-order chi connectivity index (χ0) is 13.5. The third kappa shape index (κ3) is 2.56. The van der Waals surface area contributed by atoms with Gasteiger partial charge < -0.3 is 5.32 Å². The smallest absolute Gasteiger partial charge is 0.144 e. The van der Waals surface area contributed by atoms with Crippen molar-refractivity contribution in [2.75, 3.05) is 26.2 Å². The highest BCUT2D eigenvalue weighted by Crippen LogP contribution is 2.37. The van der Waals surface area contributed by atoms with Crippen molar-refractivity contribution in [2.24, 2.45) is 5.41 Å². The molecular formula is C14H17BrF2N2. The molecule has 1 aromatic carbocycles. The van der Waals surface area contributed by atoms with Crippen LogP contribution in [-0.4, -0.2) is 31.1 Å². The molecule has 1 aromatic rings. The molecule has 5 heteroatoms. The summed E-state index contributed by atoms with van der Waals surface area (Å²) < 4.78 is 28.0. The van der Waals surface area contributed by atoms with Gasteiger partial charge in [0.2, 0.25) is 0 Å². The fourth-order valence-corrected chi connectivity index (χ4v) is 3.62. The molecule has 2 aliphatic rings. The van der Waals surface area contributed by atoms with E-state index in [1.165, 1.54) is 18.6 Å². The minimum absolute atomic E-state index is 0.178. The van der Waals surface area contributed by atoms with E-state index in [4.69, 9.17) is 0 Å². The molecule has 0 bridgehead atoms. The lowest BCUT2D eigenvalue weighted by atomic mass is 9.86. The zero-order valence-corrected chi connectivity index (χ0v) is 12.3. The van der Waals surface area contributed by atoms with Crippen LogP contribution in [0.2, 0.25) is 0 Å². The van der Waals surface area contributed by atoms with E-state index in [1.807, 2.05) is 0 Å². The van der Waals surface area contributed by atoms with Crippen LogP contribution in [0.5, 0.6) is 0 Å². The van der Waals surface area contributed by atoms with Gasteiger partial charge in [0.15, 0.2) is 0 Å². The lowest BCUT2D eigenvalue weighted by molar-refractivity contribution is 0.262. The fraction of sp³-hybridized carbons (Fsp3) is 0.571. The van der Waals surface area contributed by atoms with Gasteiger partial charge in [-0.15, -0.1) is 0 Å². The first kappa shape index (κ1) is 13.5. The Bertz CT molecular complexity index is 487. The highest BCUT2D eigenvalue weighted by Gasteiger charge is 2.40. The zero-order valence-electron chi connectivity index (χ0n) is 10.7. The van der Waals surface area contributed by atoms with E-state index in [2.05, 4.69) is 26.1 Å². The van der Waals surface area contributed by atoms with Crippen LogP contribution in [0.15, 0.2) is 16.6 Å². The lowest BCUT2D eigenvalue weighted by Gasteiger charge is -2.23. The molecule has 2 fully saturated rings. The Balaban J connectivity index is 1.74. The highest BCUT2D eigenvalue weighted by atomic mass is 79.9. The molecule has 1 N–H and O–H groups in total. The molecule has 1 atom stereocenters. The molecule has 2 nitrogen and oxygen atoms in total. The third-order valence-corrected chi connectivity index (χ3v) is 4.98. The van der Waals surface area contributed by atoms with E-state index in [0.717, 1.165) is 32.6 Å². The average Bonchev–Trinajstić information content (AvgIpc) is 3.01. The van der Waals surface area contributed by atoms with Crippen LogP contribution in [0, 0.1) is 17.0 Å². The van der Waals surface area contributed by atoms with Crippen LogP contribution in [0.25, 0.3) is 0 Å². The van der Waals surface area contributed by atoms with Crippen molar-refractivity contribution in [3.8, 4) is 0 Å². The first-order valence-electron chi connectivity index (χ1n) is 6.65.